The van der Waals surface area contributed by atoms with Gasteiger partial charge in [0.1, 0.15) is 0 Å². The lowest BCUT2D eigenvalue weighted by molar-refractivity contribution is -0.121. The number of nitrogens with zero attached hydrogens (tertiary/aromatic N) is 3. The molecular formula is C25H40N4O4. The van der Waals surface area contributed by atoms with Gasteiger partial charge in [0.05, 0.1) is 12.1 Å². The molecule has 3 rings (SSSR count). The first-order chi connectivity index (χ1) is 15.9. The Morgan fingerprint density at radius 3 is 2.45 bits per heavy atom. The molecule has 1 spiro atoms. The Balaban J connectivity index is 1.75. The smallest absolute Gasteiger partial charge is 0.320 e. The summed E-state index contributed by atoms with van der Waals surface area (Å²) in [6.07, 6.45) is 4.84. The van der Waals surface area contributed by atoms with Crippen LogP contribution in [0.2, 0.25) is 0 Å². The van der Waals surface area contributed by atoms with Crippen molar-refractivity contribution in [1.82, 2.24) is 20.0 Å². The van der Waals surface area contributed by atoms with E-state index in [1.807, 2.05) is 4.90 Å². The summed E-state index contributed by atoms with van der Waals surface area (Å²) < 4.78 is 5.25. The number of benzene rings is 1. The molecule has 8 heteroatoms. The van der Waals surface area contributed by atoms with Crippen LogP contribution in [0.4, 0.5) is 4.79 Å². The van der Waals surface area contributed by atoms with Crippen LogP contribution in [0.15, 0.2) is 30.3 Å². The lowest BCUT2D eigenvalue weighted by Crippen LogP contribution is -2.55. The molecule has 3 amide bonds. The molecule has 2 aliphatic rings. The van der Waals surface area contributed by atoms with Crippen LogP contribution >= 0.6 is 0 Å². The van der Waals surface area contributed by atoms with Crippen LogP contribution in [0.3, 0.4) is 0 Å². The summed E-state index contributed by atoms with van der Waals surface area (Å²) >= 11 is 0. The second kappa shape index (κ2) is 11.3. The minimum atomic E-state index is -0.208. The summed E-state index contributed by atoms with van der Waals surface area (Å²) in [5, 5.41) is 11.6. The predicted octanol–water partition coefficient (Wildman–Crippen LogP) is 2.03. The molecule has 1 saturated heterocycles. The predicted molar refractivity (Wildman–Crippen MR) is 128 cm³/mol. The average molecular weight is 461 g/mol. The molecule has 1 aliphatic carbocycles. The van der Waals surface area contributed by atoms with Gasteiger partial charge in [0.15, 0.2) is 0 Å². The highest BCUT2D eigenvalue weighted by atomic mass is 16.5. The molecule has 1 aromatic carbocycles. The summed E-state index contributed by atoms with van der Waals surface area (Å²) in [5.74, 6) is -0.136. The molecule has 1 aliphatic heterocycles. The first kappa shape index (κ1) is 25.5. The van der Waals surface area contributed by atoms with Crippen LogP contribution in [-0.4, -0.2) is 97.9 Å². The highest BCUT2D eigenvalue weighted by Crippen LogP contribution is 2.48. The zero-order chi connectivity index (χ0) is 23.9. The second-order valence-electron chi connectivity index (χ2n) is 9.54. The van der Waals surface area contributed by atoms with Gasteiger partial charge in [-0.15, -0.1) is 0 Å². The largest absolute Gasteiger partial charge is 0.395 e. The van der Waals surface area contributed by atoms with E-state index in [2.05, 4.69) is 59.5 Å². The second-order valence-corrected chi connectivity index (χ2v) is 9.54. The number of carbonyl (C=O) groups excluding carboxylic acids is 2. The Hall–Kier alpha value is -2.16. The highest BCUT2D eigenvalue weighted by Gasteiger charge is 2.54. The van der Waals surface area contributed by atoms with Crippen LogP contribution < -0.4 is 5.32 Å². The van der Waals surface area contributed by atoms with Gasteiger partial charge in [-0.1, -0.05) is 30.3 Å². The average Bonchev–Trinajstić information content (AvgIpc) is 3.08. The number of ether oxygens (including phenoxy) is 1. The van der Waals surface area contributed by atoms with Crippen LogP contribution in [0.25, 0.3) is 0 Å². The number of nitrogens with one attached hydrogen (secondary N) is 1. The first-order valence-electron chi connectivity index (χ1n) is 12.0. The molecule has 0 bridgehead atoms. The first-order valence-corrected chi connectivity index (χ1v) is 12.0. The third kappa shape index (κ3) is 5.50. The molecule has 1 saturated carbocycles. The minimum Gasteiger partial charge on any atom is -0.395 e. The molecule has 0 atom stereocenters. The fourth-order valence-corrected chi connectivity index (χ4v) is 5.58. The normalized spacial score (nSPS) is 25.3. The quantitative estimate of drug-likeness (QED) is 0.494. The number of urea groups is 1. The number of carbonyl (C=O) groups is 2. The molecule has 0 aromatic heterocycles. The lowest BCUT2D eigenvalue weighted by Gasteiger charge is -2.51. The van der Waals surface area contributed by atoms with Gasteiger partial charge in [0.2, 0.25) is 5.91 Å². The Morgan fingerprint density at radius 1 is 1.15 bits per heavy atom. The minimum absolute atomic E-state index is 0.0260. The highest BCUT2D eigenvalue weighted by molar-refractivity contribution is 5.80. The summed E-state index contributed by atoms with van der Waals surface area (Å²) in [6, 6.07) is 10.7. The zero-order valence-corrected chi connectivity index (χ0v) is 20.4. The number of methoxy groups -OCH3 is 1. The number of aliphatic hydroxyl groups is 1. The van der Waals surface area contributed by atoms with Gasteiger partial charge in [-0.25, -0.2) is 4.79 Å². The fourth-order valence-electron chi connectivity index (χ4n) is 5.58. The van der Waals surface area contributed by atoms with Crippen LogP contribution in [0, 0.1) is 0 Å². The van der Waals surface area contributed by atoms with Gasteiger partial charge >= 0.3 is 6.03 Å². The lowest BCUT2D eigenvalue weighted by atomic mass is 9.68. The van der Waals surface area contributed by atoms with Crippen LogP contribution in [-0.2, 0) is 15.1 Å². The van der Waals surface area contributed by atoms with E-state index in [4.69, 9.17) is 9.84 Å². The maximum atomic E-state index is 13.4. The van der Waals surface area contributed by atoms with Crippen LogP contribution in [0.5, 0.6) is 0 Å². The topological polar surface area (TPSA) is 85.3 Å². The van der Waals surface area contributed by atoms with Gasteiger partial charge in [-0.05, 0) is 51.8 Å². The molecule has 2 fully saturated rings. The Labute approximate surface area is 197 Å². The number of hydrogen-bond donors (Lipinski definition) is 2. The van der Waals surface area contributed by atoms with E-state index in [0.717, 1.165) is 32.1 Å². The van der Waals surface area contributed by atoms with Gasteiger partial charge in [-0.2, -0.15) is 0 Å². The van der Waals surface area contributed by atoms with Crippen molar-refractivity contribution < 1.29 is 19.4 Å². The van der Waals surface area contributed by atoms with E-state index in [-0.39, 0.29) is 42.6 Å². The standard InChI is InChI=1S/C25H40N4O4/c1-27(2)25(21-8-5-4-6-9-21)13-11-24(12-14-25)20-28(17-10-22(31)26-15-18-30)23(32)29(24)16-7-19-33-3/h4-6,8-9,30H,7,10-20H2,1-3H3,(H,26,31)/t24-,25+. The van der Waals surface area contributed by atoms with E-state index >= 15 is 0 Å². The number of amides is 3. The van der Waals surface area contributed by atoms with E-state index in [1.54, 1.807) is 7.11 Å². The van der Waals surface area contributed by atoms with Crippen molar-refractivity contribution in [2.75, 3.05) is 60.6 Å². The van der Waals surface area contributed by atoms with Crippen molar-refractivity contribution in [2.45, 2.75) is 49.6 Å². The van der Waals surface area contributed by atoms with Crippen molar-refractivity contribution in [3.8, 4) is 0 Å². The summed E-state index contributed by atoms with van der Waals surface area (Å²) in [5.41, 5.74) is 1.09. The van der Waals surface area contributed by atoms with Gasteiger partial charge in [0, 0.05) is 51.9 Å². The molecule has 0 unspecified atom stereocenters. The molecule has 2 N–H and O–H groups in total. The summed E-state index contributed by atoms with van der Waals surface area (Å²) in [7, 11) is 5.99. The van der Waals surface area contributed by atoms with Gasteiger partial charge in [0.25, 0.3) is 0 Å². The number of rotatable bonds is 11. The Bertz CT molecular complexity index is 778. The molecule has 8 nitrogen and oxygen atoms in total. The maximum Gasteiger partial charge on any atom is 0.320 e. The van der Waals surface area contributed by atoms with E-state index in [9.17, 15) is 9.59 Å². The van der Waals surface area contributed by atoms with Gasteiger partial charge in [-0.3, -0.25) is 9.69 Å². The van der Waals surface area contributed by atoms with Crippen molar-refractivity contribution >= 4 is 11.9 Å². The Kier molecular flexibility index (Phi) is 8.73. The van der Waals surface area contributed by atoms with Crippen molar-refractivity contribution in [3.63, 3.8) is 0 Å². The monoisotopic (exact) mass is 460 g/mol. The SMILES string of the molecule is COCCCN1C(=O)N(CCC(=O)NCCO)C[C@]12CC[C@](c1ccccc1)(N(C)C)CC2. The number of hydrogen-bond acceptors (Lipinski definition) is 5. The third-order valence-electron chi connectivity index (χ3n) is 7.51. The maximum absolute atomic E-state index is 13.4. The molecule has 184 valence electrons. The molecule has 1 heterocycles. The number of aliphatic hydroxyl groups excluding tert-OH is 1. The zero-order valence-electron chi connectivity index (χ0n) is 20.4. The van der Waals surface area contributed by atoms with E-state index in [1.165, 1.54) is 5.56 Å². The fraction of sp³-hybridized carbons (Fsp3) is 0.680. The van der Waals surface area contributed by atoms with Crippen molar-refractivity contribution in [2.24, 2.45) is 0 Å². The van der Waals surface area contributed by atoms with E-state index < -0.39 is 0 Å². The molecule has 33 heavy (non-hydrogen) atoms. The van der Waals surface area contributed by atoms with Crippen molar-refractivity contribution in [1.29, 1.82) is 0 Å². The van der Waals surface area contributed by atoms with Gasteiger partial charge < -0.3 is 25.0 Å². The summed E-state index contributed by atoms with van der Waals surface area (Å²) in [6.45, 7) is 2.50. The summed E-state index contributed by atoms with van der Waals surface area (Å²) in [4.78, 5) is 31.7. The van der Waals surface area contributed by atoms with Crippen molar-refractivity contribution in [3.05, 3.63) is 35.9 Å². The molecule has 1 aromatic rings. The Morgan fingerprint density at radius 2 is 1.85 bits per heavy atom. The third-order valence-corrected chi connectivity index (χ3v) is 7.51. The van der Waals surface area contributed by atoms with Crippen LogP contribution in [0.1, 0.15) is 44.1 Å². The molecular weight excluding hydrogens is 420 g/mol. The molecule has 0 radical (unpaired) electrons. The van der Waals surface area contributed by atoms with E-state index in [0.29, 0.717) is 26.2 Å².